The first-order valence-corrected chi connectivity index (χ1v) is 11.6. The summed E-state index contributed by atoms with van der Waals surface area (Å²) in [6, 6.07) is 10.1. The Hall–Kier alpha value is -2.16. The van der Waals surface area contributed by atoms with Crippen LogP contribution in [0.5, 0.6) is 0 Å². The molecule has 0 spiro atoms. The van der Waals surface area contributed by atoms with Crippen LogP contribution in [0.3, 0.4) is 0 Å². The van der Waals surface area contributed by atoms with Crippen LogP contribution in [0.25, 0.3) is 10.2 Å². The van der Waals surface area contributed by atoms with Gasteiger partial charge in [-0.1, -0.05) is 23.4 Å². The van der Waals surface area contributed by atoms with Crippen molar-refractivity contribution in [1.82, 2.24) is 9.88 Å². The molecule has 9 heteroatoms. The van der Waals surface area contributed by atoms with Crippen LogP contribution in [-0.2, 0) is 4.79 Å². The molecule has 2 heterocycles. The van der Waals surface area contributed by atoms with Crippen LogP contribution in [0.1, 0.15) is 17.3 Å². The van der Waals surface area contributed by atoms with Gasteiger partial charge in [0.1, 0.15) is 5.82 Å². The molecular formula is C21H19ClFN3O2S2. The van der Waals surface area contributed by atoms with Crippen LogP contribution in [0.15, 0.2) is 40.7 Å². The number of thioether (sulfide) groups is 1. The first-order valence-electron chi connectivity index (χ1n) is 9.43. The molecule has 0 unspecified atom stereocenters. The fourth-order valence-electron chi connectivity index (χ4n) is 3.34. The van der Waals surface area contributed by atoms with E-state index in [-0.39, 0.29) is 11.7 Å². The van der Waals surface area contributed by atoms with Gasteiger partial charge in [0.2, 0.25) is 5.91 Å². The second-order valence-corrected chi connectivity index (χ2v) is 9.66. The van der Waals surface area contributed by atoms with Gasteiger partial charge in [0.25, 0.3) is 0 Å². The number of piperazine rings is 1. The van der Waals surface area contributed by atoms with Crippen LogP contribution in [0.4, 0.5) is 10.1 Å². The van der Waals surface area contributed by atoms with Crippen molar-refractivity contribution in [2.75, 3.05) is 36.8 Å². The lowest BCUT2D eigenvalue weighted by molar-refractivity contribution is -0.128. The highest BCUT2D eigenvalue weighted by atomic mass is 35.5. The van der Waals surface area contributed by atoms with Crippen molar-refractivity contribution >= 4 is 62.3 Å². The first kappa shape index (κ1) is 21.1. The average Bonchev–Trinajstić information content (AvgIpc) is 3.14. The van der Waals surface area contributed by atoms with Gasteiger partial charge in [-0.15, -0.1) is 11.3 Å². The van der Waals surface area contributed by atoms with Gasteiger partial charge in [-0.3, -0.25) is 9.59 Å². The van der Waals surface area contributed by atoms with Crippen molar-refractivity contribution < 1.29 is 14.0 Å². The predicted molar refractivity (Wildman–Crippen MR) is 121 cm³/mol. The highest BCUT2D eigenvalue weighted by Gasteiger charge is 2.23. The number of hydrogen-bond donors (Lipinski definition) is 0. The number of halogens is 2. The molecule has 3 aromatic rings. The molecule has 1 aliphatic rings. The van der Waals surface area contributed by atoms with Gasteiger partial charge < -0.3 is 9.80 Å². The van der Waals surface area contributed by atoms with Gasteiger partial charge in [-0.05, 0) is 43.3 Å². The minimum Gasteiger partial charge on any atom is -0.366 e. The standard InChI is InChI=1S/C21H19ClFN3O2S2/c1-13(27)14-2-4-18(16(23)10-14)25-6-8-26(9-7-25)20(28)12-29-21-24-17-11-15(22)3-5-19(17)30-21/h2-5,10-11H,6-9,12H2,1H3. The number of anilines is 1. The summed E-state index contributed by atoms with van der Waals surface area (Å²) >= 11 is 8.97. The highest BCUT2D eigenvalue weighted by molar-refractivity contribution is 8.01. The molecule has 1 saturated heterocycles. The summed E-state index contributed by atoms with van der Waals surface area (Å²) in [5.41, 5.74) is 1.67. The van der Waals surface area contributed by atoms with Crippen molar-refractivity contribution in [3.63, 3.8) is 0 Å². The van der Waals surface area contributed by atoms with Gasteiger partial charge in [0.05, 0.1) is 21.7 Å². The Bertz CT molecular complexity index is 1110. The molecule has 156 valence electrons. The molecule has 0 bridgehead atoms. The van der Waals surface area contributed by atoms with E-state index >= 15 is 0 Å². The Kier molecular flexibility index (Phi) is 6.26. The van der Waals surface area contributed by atoms with E-state index in [0.29, 0.717) is 48.2 Å². The number of hydrogen-bond acceptors (Lipinski definition) is 6. The lowest BCUT2D eigenvalue weighted by Crippen LogP contribution is -2.49. The molecule has 2 aromatic carbocycles. The number of rotatable bonds is 5. The van der Waals surface area contributed by atoms with E-state index in [0.717, 1.165) is 14.6 Å². The lowest BCUT2D eigenvalue weighted by atomic mass is 10.1. The summed E-state index contributed by atoms with van der Waals surface area (Å²) in [5, 5.41) is 0.644. The number of carbonyl (C=O) groups is 2. The molecular weight excluding hydrogens is 445 g/mol. The molecule has 1 amide bonds. The predicted octanol–water partition coefficient (Wildman–Crippen LogP) is 4.73. The molecule has 0 N–H and O–H groups in total. The quantitative estimate of drug-likeness (QED) is 0.404. The fraction of sp³-hybridized carbons (Fsp3) is 0.286. The maximum absolute atomic E-state index is 14.4. The van der Waals surface area contributed by atoms with Crippen LogP contribution >= 0.6 is 34.7 Å². The number of nitrogens with zero attached hydrogens (tertiary/aromatic N) is 3. The molecule has 0 aliphatic carbocycles. The number of carbonyl (C=O) groups excluding carboxylic acids is 2. The molecule has 1 fully saturated rings. The normalized spacial score (nSPS) is 14.4. The van der Waals surface area contributed by atoms with Gasteiger partial charge in [0.15, 0.2) is 10.1 Å². The van der Waals surface area contributed by atoms with E-state index in [2.05, 4.69) is 4.98 Å². The average molecular weight is 464 g/mol. The van der Waals surface area contributed by atoms with Gasteiger partial charge in [-0.2, -0.15) is 0 Å². The third kappa shape index (κ3) is 4.61. The number of thiazole rings is 1. The molecule has 30 heavy (non-hydrogen) atoms. The fourth-order valence-corrected chi connectivity index (χ4v) is 5.45. The minimum atomic E-state index is -0.408. The van der Waals surface area contributed by atoms with Crippen LogP contribution in [0.2, 0.25) is 5.02 Å². The molecule has 4 rings (SSSR count). The summed E-state index contributed by atoms with van der Waals surface area (Å²) in [7, 11) is 0. The monoisotopic (exact) mass is 463 g/mol. The molecule has 5 nitrogen and oxygen atoms in total. The number of amides is 1. The topological polar surface area (TPSA) is 53.5 Å². The lowest BCUT2D eigenvalue weighted by Gasteiger charge is -2.36. The summed E-state index contributed by atoms with van der Waals surface area (Å²) in [5.74, 6) is -0.210. The molecule has 0 saturated carbocycles. The Labute approximate surface area is 186 Å². The number of benzene rings is 2. The zero-order valence-corrected chi connectivity index (χ0v) is 18.6. The van der Waals surface area contributed by atoms with Crippen molar-refractivity contribution in [1.29, 1.82) is 0 Å². The summed E-state index contributed by atoms with van der Waals surface area (Å²) in [4.78, 5) is 32.2. The maximum Gasteiger partial charge on any atom is 0.233 e. The summed E-state index contributed by atoms with van der Waals surface area (Å²) < 4.78 is 16.3. The molecule has 0 atom stereocenters. The van der Waals surface area contributed by atoms with Gasteiger partial charge in [0, 0.05) is 36.8 Å². The van der Waals surface area contributed by atoms with E-state index < -0.39 is 5.82 Å². The Morgan fingerprint density at radius 3 is 2.63 bits per heavy atom. The van der Waals surface area contributed by atoms with Crippen LogP contribution in [-0.4, -0.2) is 53.5 Å². The SMILES string of the molecule is CC(=O)c1ccc(N2CCN(C(=O)CSc3nc4cc(Cl)ccc4s3)CC2)c(F)c1. The second kappa shape index (κ2) is 8.91. The summed E-state index contributed by atoms with van der Waals surface area (Å²) in [6.45, 7) is 3.57. The van der Waals surface area contributed by atoms with E-state index in [1.54, 1.807) is 28.4 Å². The highest BCUT2D eigenvalue weighted by Crippen LogP contribution is 2.31. The van der Waals surface area contributed by atoms with Crippen molar-refractivity contribution in [2.45, 2.75) is 11.3 Å². The Morgan fingerprint density at radius 2 is 1.93 bits per heavy atom. The van der Waals surface area contributed by atoms with Crippen molar-refractivity contribution in [3.8, 4) is 0 Å². The minimum absolute atomic E-state index is 0.0457. The zero-order valence-electron chi connectivity index (χ0n) is 16.2. The second-order valence-electron chi connectivity index (χ2n) is 6.97. The number of fused-ring (bicyclic) bond motifs is 1. The van der Waals surface area contributed by atoms with E-state index in [9.17, 15) is 14.0 Å². The Balaban J connectivity index is 1.32. The molecule has 1 aliphatic heterocycles. The van der Waals surface area contributed by atoms with E-state index in [1.165, 1.54) is 24.8 Å². The maximum atomic E-state index is 14.4. The van der Waals surface area contributed by atoms with Crippen LogP contribution in [0, 0.1) is 5.82 Å². The van der Waals surface area contributed by atoms with Gasteiger partial charge >= 0.3 is 0 Å². The van der Waals surface area contributed by atoms with E-state index in [1.807, 2.05) is 23.1 Å². The number of Topliss-reactive ketones (excluding diaryl/α,β-unsaturated/α-hetero) is 1. The van der Waals surface area contributed by atoms with Crippen LogP contribution < -0.4 is 4.90 Å². The molecule has 1 aromatic heterocycles. The molecule has 0 radical (unpaired) electrons. The van der Waals surface area contributed by atoms with Crippen molar-refractivity contribution in [2.24, 2.45) is 0 Å². The Morgan fingerprint density at radius 1 is 1.17 bits per heavy atom. The smallest absolute Gasteiger partial charge is 0.233 e. The third-order valence-corrected chi connectivity index (χ3v) is 7.38. The van der Waals surface area contributed by atoms with E-state index in [4.69, 9.17) is 11.6 Å². The number of ketones is 1. The van der Waals surface area contributed by atoms with Gasteiger partial charge in [-0.25, -0.2) is 9.37 Å². The largest absolute Gasteiger partial charge is 0.366 e. The van der Waals surface area contributed by atoms with Crippen molar-refractivity contribution in [3.05, 3.63) is 52.8 Å². The summed E-state index contributed by atoms with van der Waals surface area (Å²) in [6.07, 6.45) is 0. The third-order valence-electron chi connectivity index (χ3n) is 4.98. The first-order chi connectivity index (χ1) is 14.4. The number of aromatic nitrogens is 1. The zero-order chi connectivity index (χ0) is 21.3.